The Labute approximate surface area is 132 Å². The number of unbranched alkanes of at least 4 members (excludes halogenated alkanes) is 1. The zero-order chi connectivity index (χ0) is 15.8. The fourth-order valence-corrected chi connectivity index (χ4v) is 3.21. The highest BCUT2D eigenvalue weighted by Gasteiger charge is 2.12. The summed E-state index contributed by atoms with van der Waals surface area (Å²) in [6, 6.07) is 10.9. The van der Waals surface area contributed by atoms with Crippen LogP contribution in [0.2, 0.25) is 0 Å². The fraction of sp³-hybridized carbons (Fsp3) is 0.353. The van der Waals surface area contributed by atoms with Crippen molar-refractivity contribution in [3.63, 3.8) is 0 Å². The van der Waals surface area contributed by atoms with Crippen molar-refractivity contribution in [3.8, 4) is 0 Å². The molecule has 0 radical (unpaired) electrons. The summed E-state index contributed by atoms with van der Waals surface area (Å²) in [7, 11) is -3.44. The number of rotatable bonds is 8. The SMILES string of the molecule is CCCCc1ccc(S(=O)(=O)NCCc2cccnc2)cc1. The van der Waals surface area contributed by atoms with Crippen LogP contribution in [-0.4, -0.2) is 19.9 Å². The molecule has 0 amide bonds. The third kappa shape index (κ3) is 4.93. The van der Waals surface area contributed by atoms with E-state index in [1.807, 2.05) is 24.3 Å². The molecule has 0 aliphatic heterocycles. The average molecular weight is 318 g/mol. The zero-order valence-electron chi connectivity index (χ0n) is 12.8. The van der Waals surface area contributed by atoms with Gasteiger partial charge in [0.15, 0.2) is 0 Å². The minimum Gasteiger partial charge on any atom is -0.264 e. The van der Waals surface area contributed by atoms with Crippen molar-refractivity contribution >= 4 is 10.0 Å². The maximum atomic E-state index is 12.2. The van der Waals surface area contributed by atoms with Crippen LogP contribution in [-0.2, 0) is 22.9 Å². The van der Waals surface area contributed by atoms with Crippen molar-refractivity contribution in [3.05, 3.63) is 59.9 Å². The first kappa shape index (κ1) is 16.6. The third-order valence-corrected chi connectivity index (χ3v) is 4.96. The van der Waals surface area contributed by atoms with Gasteiger partial charge in [-0.25, -0.2) is 13.1 Å². The average Bonchev–Trinajstić information content (AvgIpc) is 2.54. The van der Waals surface area contributed by atoms with E-state index < -0.39 is 10.0 Å². The molecule has 2 rings (SSSR count). The number of hydrogen-bond donors (Lipinski definition) is 1. The lowest BCUT2D eigenvalue weighted by Gasteiger charge is -2.08. The van der Waals surface area contributed by atoms with Gasteiger partial charge in [-0.3, -0.25) is 4.98 Å². The van der Waals surface area contributed by atoms with Gasteiger partial charge in [-0.1, -0.05) is 31.5 Å². The Hall–Kier alpha value is -1.72. The van der Waals surface area contributed by atoms with E-state index in [2.05, 4.69) is 16.6 Å². The van der Waals surface area contributed by atoms with Gasteiger partial charge >= 0.3 is 0 Å². The molecule has 0 bridgehead atoms. The topological polar surface area (TPSA) is 59.1 Å². The number of nitrogens with zero attached hydrogens (tertiary/aromatic N) is 1. The number of benzene rings is 1. The number of sulfonamides is 1. The summed E-state index contributed by atoms with van der Waals surface area (Å²) >= 11 is 0. The number of nitrogens with one attached hydrogen (secondary N) is 1. The lowest BCUT2D eigenvalue weighted by Crippen LogP contribution is -2.26. The molecule has 4 nitrogen and oxygen atoms in total. The van der Waals surface area contributed by atoms with Gasteiger partial charge in [-0.2, -0.15) is 0 Å². The van der Waals surface area contributed by atoms with Gasteiger partial charge in [0.05, 0.1) is 4.90 Å². The quantitative estimate of drug-likeness (QED) is 0.814. The molecular formula is C17H22N2O2S. The molecule has 1 aromatic heterocycles. The summed E-state index contributed by atoms with van der Waals surface area (Å²) in [5, 5.41) is 0. The van der Waals surface area contributed by atoms with Crippen LogP contribution < -0.4 is 4.72 Å². The van der Waals surface area contributed by atoms with Gasteiger partial charge < -0.3 is 0 Å². The van der Waals surface area contributed by atoms with Gasteiger partial charge in [-0.15, -0.1) is 0 Å². The largest absolute Gasteiger partial charge is 0.264 e. The van der Waals surface area contributed by atoms with E-state index in [9.17, 15) is 8.42 Å². The zero-order valence-corrected chi connectivity index (χ0v) is 13.6. The van der Waals surface area contributed by atoms with Crippen LogP contribution in [0.1, 0.15) is 30.9 Å². The molecule has 1 N–H and O–H groups in total. The predicted octanol–water partition coefficient (Wildman–Crippen LogP) is 2.95. The molecular weight excluding hydrogens is 296 g/mol. The number of aromatic nitrogens is 1. The second kappa shape index (κ2) is 8.06. The standard InChI is InChI=1S/C17H22N2O2S/c1-2-3-5-15-7-9-17(10-8-15)22(20,21)19-13-11-16-6-4-12-18-14-16/h4,6-10,12,14,19H,2-3,5,11,13H2,1H3. The van der Waals surface area contributed by atoms with Gasteiger partial charge in [0.25, 0.3) is 0 Å². The summed E-state index contributed by atoms with van der Waals surface area (Å²) in [6.07, 6.45) is 7.32. The monoisotopic (exact) mass is 318 g/mol. The Kier molecular flexibility index (Phi) is 6.10. The van der Waals surface area contributed by atoms with E-state index in [4.69, 9.17) is 0 Å². The smallest absolute Gasteiger partial charge is 0.240 e. The minimum absolute atomic E-state index is 0.318. The van der Waals surface area contributed by atoms with Crippen LogP contribution >= 0.6 is 0 Å². The molecule has 0 unspecified atom stereocenters. The van der Waals surface area contributed by atoms with Gasteiger partial charge in [-0.05, 0) is 48.6 Å². The first-order valence-electron chi connectivity index (χ1n) is 7.59. The molecule has 1 aromatic carbocycles. The predicted molar refractivity (Wildman–Crippen MR) is 88.2 cm³/mol. The molecule has 1 heterocycles. The molecule has 118 valence electrons. The molecule has 0 fully saturated rings. The Morgan fingerprint density at radius 3 is 2.45 bits per heavy atom. The van der Waals surface area contributed by atoms with Crippen LogP contribution in [0.25, 0.3) is 0 Å². The summed E-state index contributed by atoms with van der Waals surface area (Å²) in [5.41, 5.74) is 2.19. The summed E-state index contributed by atoms with van der Waals surface area (Å²) in [5.74, 6) is 0. The highest BCUT2D eigenvalue weighted by Crippen LogP contribution is 2.12. The minimum atomic E-state index is -3.44. The molecule has 5 heteroatoms. The van der Waals surface area contributed by atoms with Gasteiger partial charge in [0, 0.05) is 18.9 Å². The van der Waals surface area contributed by atoms with Crippen molar-refractivity contribution in [2.24, 2.45) is 0 Å². The van der Waals surface area contributed by atoms with Gasteiger partial charge in [0.2, 0.25) is 10.0 Å². The summed E-state index contributed by atoms with van der Waals surface area (Å²) < 4.78 is 27.1. The maximum absolute atomic E-state index is 12.2. The van der Waals surface area contributed by atoms with E-state index in [1.165, 1.54) is 5.56 Å². The Bertz CT molecular complexity index is 668. The normalized spacial score (nSPS) is 11.5. The number of pyridine rings is 1. The molecule has 0 aliphatic rings. The Morgan fingerprint density at radius 1 is 1.05 bits per heavy atom. The van der Waals surface area contributed by atoms with Crippen molar-refractivity contribution in [2.45, 2.75) is 37.5 Å². The molecule has 0 saturated heterocycles. The Balaban J connectivity index is 1.92. The van der Waals surface area contributed by atoms with Crippen LogP contribution in [0.5, 0.6) is 0 Å². The van der Waals surface area contributed by atoms with Crippen LogP contribution in [0.15, 0.2) is 53.7 Å². The van der Waals surface area contributed by atoms with E-state index in [1.54, 1.807) is 24.5 Å². The van der Waals surface area contributed by atoms with E-state index in [0.29, 0.717) is 17.9 Å². The van der Waals surface area contributed by atoms with Crippen molar-refractivity contribution in [2.75, 3.05) is 6.54 Å². The molecule has 2 aromatic rings. The Morgan fingerprint density at radius 2 is 1.82 bits per heavy atom. The van der Waals surface area contributed by atoms with Gasteiger partial charge in [0.1, 0.15) is 0 Å². The van der Waals surface area contributed by atoms with Crippen LogP contribution in [0, 0.1) is 0 Å². The van der Waals surface area contributed by atoms with E-state index >= 15 is 0 Å². The summed E-state index contributed by atoms with van der Waals surface area (Å²) in [6.45, 7) is 2.51. The fourth-order valence-electron chi connectivity index (χ4n) is 2.18. The highest BCUT2D eigenvalue weighted by molar-refractivity contribution is 7.89. The number of hydrogen-bond acceptors (Lipinski definition) is 3. The first-order valence-corrected chi connectivity index (χ1v) is 9.07. The number of aryl methyl sites for hydroxylation is 1. The second-order valence-electron chi connectivity index (χ2n) is 5.26. The van der Waals surface area contributed by atoms with Crippen molar-refractivity contribution in [1.29, 1.82) is 0 Å². The highest BCUT2D eigenvalue weighted by atomic mass is 32.2. The second-order valence-corrected chi connectivity index (χ2v) is 7.02. The molecule has 0 spiro atoms. The molecule has 0 atom stereocenters. The molecule has 0 aliphatic carbocycles. The summed E-state index contributed by atoms with van der Waals surface area (Å²) in [4.78, 5) is 4.33. The van der Waals surface area contributed by atoms with E-state index in [-0.39, 0.29) is 0 Å². The van der Waals surface area contributed by atoms with Crippen LogP contribution in [0.3, 0.4) is 0 Å². The molecule has 22 heavy (non-hydrogen) atoms. The lowest BCUT2D eigenvalue weighted by atomic mass is 10.1. The lowest BCUT2D eigenvalue weighted by molar-refractivity contribution is 0.581. The van der Waals surface area contributed by atoms with Crippen molar-refractivity contribution < 1.29 is 8.42 Å². The molecule has 0 saturated carbocycles. The maximum Gasteiger partial charge on any atom is 0.240 e. The van der Waals surface area contributed by atoms with Crippen molar-refractivity contribution in [1.82, 2.24) is 9.71 Å². The van der Waals surface area contributed by atoms with E-state index in [0.717, 1.165) is 24.8 Å². The third-order valence-electron chi connectivity index (χ3n) is 3.48. The first-order chi connectivity index (χ1) is 10.6. The van der Waals surface area contributed by atoms with Crippen LogP contribution in [0.4, 0.5) is 0 Å².